The lowest BCUT2D eigenvalue weighted by Gasteiger charge is -2.27. The van der Waals surface area contributed by atoms with Crippen LogP contribution in [-0.2, 0) is 4.74 Å². The molecule has 1 aromatic heterocycles. The normalized spacial score (nSPS) is 14.8. The second kappa shape index (κ2) is 11.5. The highest BCUT2D eigenvalue weighted by Crippen LogP contribution is 2.42. The summed E-state index contributed by atoms with van der Waals surface area (Å²) in [6.07, 6.45) is 2.97. The highest BCUT2D eigenvalue weighted by Gasteiger charge is 2.32. The third kappa shape index (κ3) is 6.41. The van der Waals surface area contributed by atoms with E-state index in [1.165, 1.54) is 11.1 Å². The molecule has 5 rings (SSSR count). The van der Waals surface area contributed by atoms with Crippen LogP contribution in [0.15, 0.2) is 89.7 Å². The van der Waals surface area contributed by atoms with E-state index in [1.54, 1.807) is 12.4 Å². The van der Waals surface area contributed by atoms with Crippen LogP contribution in [0.4, 0.5) is 11.4 Å². The van der Waals surface area contributed by atoms with E-state index in [0.29, 0.717) is 24.1 Å². The van der Waals surface area contributed by atoms with E-state index in [4.69, 9.17) is 21.1 Å². The molecule has 1 unspecified atom stereocenters. The Labute approximate surface area is 238 Å². The molecule has 0 saturated carbocycles. The van der Waals surface area contributed by atoms with E-state index in [1.807, 2.05) is 18.2 Å². The van der Waals surface area contributed by atoms with Gasteiger partial charge in [0.05, 0.1) is 22.6 Å². The highest BCUT2D eigenvalue weighted by atomic mass is 79.9. The molecule has 0 radical (unpaired) electrons. The molecule has 196 valence electrons. The molecule has 0 fully saturated rings. The Morgan fingerprint density at radius 2 is 1.66 bits per heavy atom. The van der Waals surface area contributed by atoms with Crippen LogP contribution >= 0.6 is 27.5 Å². The van der Waals surface area contributed by atoms with Gasteiger partial charge < -0.3 is 14.8 Å². The zero-order chi connectivity index (χ0) is 26.7. The summed E-state index contributed by atoms with van der Waals surface area (Å²) in [6.45, 7) is 8.17. The SMILES string of the molecule is C[Si](C)(C)CCOCN1c2cc(-c3ccc(-c4ccccc4)cc3)c(Cl)cc2NC1Oc1cncc(Br)c1. The molecule has 5 nitrogen and oxygen atoms in total. The molecule has 1 N–H and O–H groups in total. The molecular weight excluding hydrogens is 578 g/mol. The molecule has 0 bridgehead atoms. The Kier molecular flexibility index (Phi) is 8.09. The predicted molar refractivity (Wildman–Crippen MR) is 164 cm³/mol. The van der Waals surface area contributed by atoms with Crippen LogP contribution in [0.3, 0.4) is 0 Å². The van der Waals surface area contributed by atoms with Crippen molar-refractivity contribution < 1.29 is 9.47 Å². The first-order valence-electron chi connectivity index (χ1n) is 12.6. The van der Waals surface area contributed by atoms with Gasteiger partial charge in [0.25, 0.3) is 6.35 Å². The fraction of sp³-hybridized carbons (Fsp3) is 0.233. The fourth-order valence-corrected chi connectivity index (χ4v) is 5.68. The lowest BCUT2D eigenvalue weighted by Crippen LogP contribution is -2.42. The van der Waals surface area contributed by atoms with Crippen LogP contribution in [0.5, 0.6) is 5.75 Å². The van der Waals surface area contributed by atoms with E-state index < -0.39 is 14.4 Å². The number of hydrogen-bond donors (Lipinski definition) is 1. The molecule has 0 amide bonds. The maximum absolute atomic E-state index is 6.81. The number of hydrogen-bond acceptors (Lipinski definition) is 5. The van der Waals surface area contributed by atoms with Crippen LogP contribution in [0, 0.1) is 0 Å². The minimum Gasteiger partial charge on any atom is -0.451 e. The van der Waals surface area contributed by atoms with Gasteiger partial charge in [-0.2, -0.15) is 0 Å². The van der Waals surface area contributed by atoms with E-state index in [9.17, 15) is 0 Å². The number of nitrogens with zero attached hydrogens (tertiary/aromatic N) is 2. The lowest BCUT2D eigenvalue weighted by atomic mass is 9.99. The van der Waals surface area contributed by atoms with Gasteiger partial charge >= 0.3 is 0 Å². The standard InChI is InChI=1S/C30H31BrClN3O2Si/c1-38(2,3)14-13-36-20-35-29-16-26(23-11-9-22(10-12-23)21-7-5-4-6-8-21)27(32)17-28(29)34-30(35)37-25-15-24(31)18-33-19-25/h4-12,15-19,30,34H,13-14,20H2,1-3H3. The number of ether oxygens (including phenoxy) is 2. The fourth-order valence-electron chi connectivity index (χ4n) is 4.30. The number of pyridine rings is 1. The highest BCUT2D eigenvalue weighted by molar-refractivity contribution is 9.10. The summed E-state index contributed by atoms with van der Waals surface area (Å²) in [5.41, 5.74) is 6.26. The van der Waals surface area contributed by atoms with Gasteiger partial charge in [-0.05, 0) is 56.9 Å². The van der Waals surface area contributed by atoms with Gasteiger partial charge in [-0.15, -0.1) is 0 Å². The molecular formula is C30H31BrClN3O2Si. The number of anilines is 2. The van der Waals surface area contributed by atoms with Crippen molar-refractivity contribution in [3.05, 3.63) is 94.7 Å². The van der Waals surface area contributed by atoms with Gasteiger partial charge in [0.15, 0.2) is 0 Å². The van der Waals surface area contributed by atoms with Crippen molar-refractivity contribution in [3.8, 4) is 28.0 Å². The van der Waals surface area contributed by atoms with Crippen molar-refractivity contribution in [2.45, 2.75) is 32.0 Å². The molecule has 8 heteroatoms. The summed E-state index contributed by atoms with van der Waals surface area (Å²) >= 11 is 10.3. The van der Waals surface area contributed by atoms with Crippen molar-refractivity contribution in [1.82, 2.24) is 4.98 Å². The average Bonchev–Trinajstić information content (AvgIpc) is 3.21. The number of halogens is 2. The molecule has 0 spiro atoms. The van der Waals surface area contributed by atoms with Gasteiger partial charge in [-0.1, -0.05) is 85.8 Å². The topological polar surface area (TPSA) is 46.6 Å². The molecule has 0 saturated heterocycles. The van der Waals surface area contributed by atoms with Crippen LogP contribution in [-0.4, -0.2) is 32.7 Å². The van der Waals surface area contributed by atoms with E-state index in [0.717, 1.165) is 33.0 Å². The maximum Gasteiger partial charge on any atom is 0.253 e. The quantitative estimate of drug-likeness (QED) is 0.152. The smallest absolute Gasteiger partial charge is 0.253 e. The van der Waals surface area contributed by atoms with Crippen LogP contribution in [0.1, 0.15) is 0 Å². The van der Waals surface area contributed by atoms with Crippen LogP contribution in [0.2, 0.25) is 30.7 Å². The second-order valence-corrected chi connectivity index (χ2v) is 17.5. The molecule has 1 atom stereocenters. The zero-order valence-electron chi connectivity index (χ0n) is 21.7. The summed E-state index contributed by atoms with van der Waals surface area (Å²) in [7, 11) is -1.20. The minimum atomic E-state index is -1.20. The van der Waals surface area contributed by atoms with E-state index in [-0.39, 0.29) is 0 Å². The first-order valence-corrected chi connectivity index (χ1v) is 17.5. The first kappa shape index (κ1) is 26.8. The molecule has 1 aliphatic heterocycles. The Morgan fingerprint density at radius 3 is 2.37 bits per heavy atom. The summed E-state index contributed by atoms with van der Waals surface area (Å²) < 4.78 is 13.3. The first-order chi connectivity index (χ1) is 18.3. The van der Waals surface area contributed by atoms with Gasteiger partial charge in [-0.25, -0.2) is 0 Å². The van der Waals surface area contributed by atoms with Gasteiger partial charge in [0, 0.05) is 30.9 Å². The van der Waals surface area contributed by atoms with Crippen LogP contribution in [0.25, 0.3) is 22.3 Å². The van der Waals surface area contributed by atoms with Gasteiger partial charge in [0.2, 0.25) is 0 Å². The third-order valence-electron chi connectivity index (χ3n) is 6.41. The largest absolute Gasteiger partial charge is 0.451 e. The van der Waals surface area contributed by atoms with E-state index >= 15 is 0 Å². The lowest BCUT2D eigenvalue weighted by molar-refractivity contribution is 0.114. The summed E-state index contributed by atoms with van der Waals surface area (Å²) in [4.78, 5) is 6.33. The number of benzene rings is 3. The number of fused-ring (bicyclic) bond motifs is 1. The van der Waals surface area contributed by atoms with Crippen molar-refractivity contribution in [2.24, 2.45) is 0 Å². The molecule has 4 aromatic rings. The molecule has 38 heavy (non-hydrogen) atoms. The average molecular weight is 609 g/mol. The zero-order valence-corrected chi connectivity index (χ0v) is 25.1. The Hall–Kier alpha value is -2.84. The summed E-state index contributed by atoms with van der Waals surface area (Å²) in [5, 5.41) is 4.14. The van der Waals surface area contributed by atoms with E-state index in [2.05, 4.69) is 105 Å². The van der Waals surface area contributed by atoms with Gasteiger partial charge in [0.1, 0.15) is 12.5 Å². The Balaban J connectivity index is 1.42. The Morgan fingerprint density at radius 1 is 0.947 bits per heavy atom. The molecule has 3 aromatic carbocycles. The van der Waals surface area contributed by atoms with Gasteiger partial charge in [-0.3, -0.25) is 9.88 Å². The predicted octanol–water partition coefficient (Wildman–Crippen LogP) is 8.74. The van der Waals surface area contributed by atoms with Crippen molar-refractivity contribution >= 4 is 47.0 Å². The third-order valence-corrected chi connectivity index (χ3v) is 8.86. The molecule has 2 heterocycles. The monoisotopic (exact) mass is 607 g/mol. The summed E-state index contributed by atoms with van der Waals surface area (Å²) in [5.74, 6) is 0.652. The Bertz CT molecular complexity index is 1400. The van der Waals surface area contributed by atoms with Crippen molar-refractivity contribution in [3.63, 3.8) is 0 Å². The van der Waals surface area contributed by atoms with Crippen molar-refractivity contribution in [1.29, 1.82) is 0 Å². The number of nitrogens with one attached hydrogen (secondary N) is 1. The molecule has 0 aliphatic carbocycles. The number of aromatic nitrogens is 1. The van der Waals surface area contributed by atoms with Crippen molar-refractivity contribution in [2.75, 3.05) is 23.6 Å². The maximum atomic E-state index is 6.81. The van der Waals surface area contributed by atoms with Crippen LogP contribution < -0.4 is 15.0 Å². The number of rotatable bonds is 9. The summed E-state index contributed by atoms with van der Waals surface area (Å²) in [6, 6.07) is 26.0. The molecule has 1 aliphatic rings. The second-order valence-electron chi connectivity index (χ2n) is 10.6. The minimum absolute atomic E-state index is 0.393.